The van der Waals surface area contributed by atoms with Crippen molar-refractivity contribution in [1.29, 1.82) is 0 Å². The molecule has 0 heterocycles. The molecule has 0 bridgehead atoms. The van der Waals surface area contributed by atoms with Crippen LogP contribution < -0.4 is 10.2 Å². The van der Waals surface area contributed by atoms with Crippen LogP contribution in [0.1, 0.15) is 15.9 Å². The molecule has 0 unspecified atom stereocenters. The van der Waals surface area contributed by atoms with Gasteiger partial charge in [-0.3, -0.25) is 4.79 Å². The Labute approximate surface area is 130 Å². The average Bonchev–Trinajstić information content (AvgIpc) is 2.53. The van der Waals surface area contributed by atoms with Crippen LogP contribution in [-0.4, -0.2) is 26.3 Å². The van der Waals surface area contributed by atoms with Crippen molar-refractivity contribution in [1.82, 2.24) is 5.32 Å². The van der Waals surface area contributed by atoms with E-state index in [1.807, 2.05) is 61.6 Å². The van der Waals surface area contributed by atoms with Gasteiger partial charge in [-0.25, -0.2) is 0 Å². The minimum Gasteiger partial charge on any atom is -0.378 e. The summed E-state index contributed by atoms with van der Waals surface area (Å²) in [6.45, 7) is 0.545. The van der Waals surface area contributed by atoms with Crippen LogP contribution >= 0.6 is 11.8 Å². The summed E-state index contributed by atoms with van der Waals surface area (Å²) >= 11 is 1.71. The molecule has 0 saturated heterocycles. The molecule has 0 aliphatic rings. The Morgan fingerprint density at radius 3 is 2.19 bits per heavy atom. The van der Waals surface area contributed by atoms with Gasteiger partial charge >= 0.3 is 0 Å². The van der Waals surface area contributed by atoms with Gasteiger partial charge in [-0.1, -0.05) is 12.1 Å². The lowest BCUT2D eigenvalue weighted by atomic mass is 10.1. The predicted octanol–water partition coefficient (Wildman–Crippen LogP) is 3.40. The number of anilines is 1. The number of carbonyl (C=O) groups is 1. The third kappa shape index (κ3) is 4.26. The Kier molecular flexibility index (Phi) is 5.28. The summed E-state index contributed by atoms with van der Waals surface area (Å²) in [5.74, 6) is -0.0470. The van der Waals surface area contributed by atoms with E-state index in [-0.39, 0.29) is 5.91 Å². The lowest BCUT2D eigenvalue weighted by Gasteiger charge is -2.12. The van der Waals surface area contributed by atoms with E-state index in [2.05, 4.69) is 17.4 Å². The Balaban J connectivity index is 1.94. The van der Waals surface area contributed by atoms with Crippen molar-refractivity contribution in [3.63, 3.8) is 0 Å². The van der Waals surface area contributed by atoms with E-state index in [0.29, 0.717) is 12.1 Å². The highest BCUT2D eigenvalue weighted by molar-refractivity contribution is 7.98. The van der Waals surface area contributed by atoms with Crippen LogP contribution in [0.25, 0.3) is 0 Å². The molecule has 4 heteroatoms. The predicted molar refractivity (Wildman–Crippen MR) is 90.2 cm³/mol. The summed E-state index contributed by atoms with van der Waals surface area (Å²) in [5, 5.41) is 2.94. The Bertz CT molecular complexity index is 591. The first-order chi connectivity index (χ1) is 10.1. The first kappa shape index (κ1) is 15.4. The van der Waals surface area contributed by atoms with E-state index in [4.69, 9.17) is 0 Å². The molecule has 0 fully saturated rings. The second-order valence-corrected chi connectivity index (χ2v) is 5.85. The molecule has 0 atom stereocenters. The normalized spacial score (nSPS) is 10.2. The SMILES string of the molecule is CSc1ccc(CNC(=O)c2ccc(N(C)C)cc2)cc1. The molecule has 2 aromatic carbocycles. The maximum absolute atomic E-state index is 12.1. The minimum atomic E-state index is -0.0470. The molecular formula is C17H20N2OS. The largest absolute Gasteiger partial charge is 0.378 e. The molecule has 0 spiro atoms. The molecule has 0 aliphatic carbocycles. The molecule has 0 aromatic heterocycles. The number of nitrogens with zero attached hydrogens (tertiary/aromatic N) is 1. The van der Waals surface area contributed by atoms with Crippen molar-refractivity contribution < 1.29 is 4.79 Å². The quantitative estimate of drug-likeness (QED) is 0.859. The van der Waals surface area contributed by atoms with E-state index in [1.165, 1.54) is 4.90 Å². The minimum absolute atomic E-state index is 0.0470. The fourth-order valence-corrected chi connectivity index (χ4v) is 2.35. The number of thioether (sulfide) groups is 1. The third-order valence-corrected chi connectivity index (χ3v) is 4.00. The van der Waals surface area contributed by atoms with Crippen LogP contribution in [0.15, 0.2) is 53.4 Å². The number of hydrogen-bond donors (Lipinski definition) is 1. The van der Waals surface area contributed by atoms with E-state index in [9.17, 15) is 4.79 Å². The molecule has 3 nitrogen and oxygen atoms in total. The highest BCUT2D eigenvalue weighted by Crippen LogP contribution is 2.15. The second-order valence-electron chi connectivity index (χ2n) is 4.97. The van der Waals surface area contributed by atoms with Crippen molar-refractivity contribution in [3.8, 4) is 0 Å². The summed E-state index contributed by atoms with van der Waals surface area (Å²) in [6.07, 6.45) is 2.05. The van der Waals surface area contributed by atoms with Crippen LogP contribution in [0.3, 0.4) is 0 Å². The molecule has 2 aromatic rings. The highest BCUT2D eigenvalue weighted by Gasteiger charge is 2.05. The molecule has 1 amide bonds. The number of carbonyl (C=O) groups excluding carboxylic acids is 1. The monoisotopic (exact) mass is 300 g/mol. The van der Waals surface area contributed by atoms with Gasteiger partial charge in [-0.2, -0.15) is 0 Å². The summed E-state index contributed by atoms with van der Waals surface area (Å²) in [4.78, 5) is 15.3. The summed E-state index contributed by atoms with van der Waals surface area (Å²) < 4.78 is 0. The third-order valence-electron chi connectivity index (χ3n) is 3.26. The highest BCUT2D eigenvalue weighted by atomic mass is 32.2. The van der Waals surface area contributed by atoms with Gasteiger partial charge in [0.1, 0.15) is 0 Å². The standard InChI is InChI=1S/C17H20N2OS/c1-19(2)15-8-6-14(7-9-15)17(20)18-12-13-4-10-16(21-3)11-5-13/h4-11H,12H2,1-3H3,(H,18,20). The molecule has 1 N–H and O–H groups in total. The lowest BCUT2D eigenvalue weighted by molar-refractivity contribution is 0.0951. The maximum atomic E-state index is 12.1. The van der Waals surface area contributed by atoms with E-state index >= 15 is 0 Å². The van der Waals surface area contributed by atoms with Gasteiger partial charge < -0.3 is 10.2 Å². The van der Waals surface area contributed by atoms with Gasteiger partial charge in [0.2, 0.25) is 0 Å². The first-order valence-electron chi connectivity index (χ1n) is 6.78. The Morgan fingerprint density at radius 1 is 1.05 bits per heavy atom. The van der Waals surface area contributed by atoms with Crippen molar-refractivity contribution >= 4 is 23.4 Å². The molecule has 110 valence electrons. The smallest absolute Gasteiger partial charge is 0.251 e. The average molecular weight is 300 g/mol. The van der Waals surface area contributed by atoms with Crippen LogP contribution in [0, 0.1) is 0 Å². The summed E-state index contributed by atoms with van der Waals surface area (Å²) in [5.41, 5.74) is 2.87. The molecule has 0 saturated carbocycles. The number of rotatable bonds is 5. The van der Waals surface area contributed by atoms with E-state index < -0.39 is 0 Å². The number of benzene rings is 2. The zero-order valence-corrected chi connectivity index (χ0v) is 13.4. The van der Waals surface area contributed by atoms with E-state index in [0.717, 1.165) is 11.3 Å². The van der Waals surface area contributed by atoms with Gasteiger partial charge in [-0.05, 0) is 48.2 Å². The van der Waals surface area contributed by atoms with Crippen molar-refractivity contribution in [3.05, 3.63) is 59.7 Å². The van der Waals surface area contributed by atoms with Crippen molar-refractivity contribution in [2.75, 3.05) is 25.3 Å². The fraction of sp³-hybridized carbons (Fsp3) is 0.235. The van der Waals surface area contributed by atoms with Crippen molar-refractivity contribution in [2.24, 2.45) is 0 Å². The fourth-order valence-electron chi connectivity index (χ4n) is 1.94. The zero-order valence-electron chi connectivity index (χ0n) is 12.6. The number of amides is 1. The topological polar surface area (TPSA) is 32.3 Å². The molecule has 0 aliphatic heterocycles. The van der Waals surface area contributed by atoms with Gasteiger partial charge in [0.15, 0.2) is 0 Å². The molecule has 2 rings (SSSR count). The lowest BCUT2D eigenvalue weighted by Crippen LogP contribution is -2.22. The number of nitrogens with one attached hydrogen (secondary N) is 1. The van der Waals surface area contributed by atoms with Crippen LogP contribution in [-0.2, 0) is 6.54 Å². The van der Waals surface area contributed by atoms with Gasteiger partial charge in [-0.15, -0.1) is 11.8 Å². The Morgan fingerprint density at radius 2 is 1.67 bits per heavy atom. The maximum Gasteiger partial charge on any atom is 0.251 e. The summed E-state index contributed by atoms with van der Waals surface area (Å²) in [7, 11) is 3.96. The van der Waals surface area contributed by atoms with E-state index in [1.54, 1.807) is 11.8 Å². The number of hydrogen-bond acceptors (Lipinski definition) is 3. The van der Waals surface area contributed by atoms with Crippen LogP contribution in [0.2, 0.25) is 0 Å². The molecular weight excluding hydrogens is 280 g/mol. The first-order valence-corrected chi connectivity index (χ1v) is 8.01. The Hall–Kier alpha value is -1.94. The molecule has 21 heavy (non-hydrogen) atoms. The van der Waals surface area contributed by atoms with Crippen molar-refractivity contribution in [2.45, 2.75) is 11.4 Å². The van der Waals surface area contributed by atoms with Crippen LogP contribution in [0.4, 0.5) is 5.69 Å². The van der Waals surface area contributed by atoms with Gasteiger partial charge in [0.25, 0.3) is 5.91 Å². The van der Waals surface area contributed by atoms with Crippen LogP contribution in [0.5, 0.6) is 0 Å². The van der Waals surface area contributed by atoms with Gasteiger partial charge in [0.05, 0.1) is 0 Å². The second kappa shape index (κ2) is 7.18. The summed E-state index contributed by atoms with van der Waals surface area (Å²) in [6, 6.07) is 15.8. The zero-order chi connectivity index (χ0) is 15.2. The van der Waals surface area contributed by atoms with Gasteiger partial charge in [0, 0.05) is 36.8 Å². The molecule has 0 radical (unpaired) electrons.